The molecule has 0 N–H and O–H groups in total. The van der Waals surface area contributed by atoms with Crippen molar-refractivity contribution in [1.82, 2.24) is 14.3 Å². The third-order valence-electron chi connectivity index (χ3n) is 5.67. The van der Waals surface area contributed by atoms with Crippen molar-refractivity contribution in [2.45, 2.75) is 11.8 Å². The van der Waals surface area contributed by atoms with Crippen LogP contribution in [0.5, 0.6) is 0 Å². The summed E-state index contributed by atoms with van der Waals surface area (Å²) in [6, 6.07) is 10.9. The van der Waals surface area contributed by atoms with Gasteiger partial charge in [-0.25, -0.2) is 13.4 Å². The molecule has 0 spiro atoms. The Morgan fingerprint density at radius 2 is 1.82 bits per heavy atom. The van der Waals surface area contributed by atoms with Crippen LogP contribution in [0.15, 0.2) is 57.2 Å². The summed E-state index contributed by atoms with van der Waals surface area (Å²) in [4.78, 5) is 21.7. The first-order chi connectivity index (χ1) is 15.7. The lowest BCUT2D eigenvalue weighted by Gasteiger charge is -2.34. The van der Waals surface area contributed by atoms with Gasteiger partial charge in [-0.15, -0.1) is 0 Å². The molecule has 1 aromatic carbocycles. The average Bonchev–Trinajstić information content (AvgIpc) is 2.79. The number of pyridine rings is 1. The Bertz CT molecular complexity index is 1450. The minimum Gasteiger partial charge on any atom is -0.353 e. The molecular weight excluding hydrogens is 462 g/mol. The van der Waals surface area contributed by atoms with Crippen LogP contribution in [0, 0.1) is 18.3 Å². The molecule has 0 atom stereocenters. The number of hydrogen-bond acceptors (Lipinski definition) is 7. The van der Waals surface area contributed by atoms with Gasteiger partial charge in [0.2, 0.25) is 9.84 Å². The second kappa shape index (κ2) is 8.98. The van der Waals surface area contributed by atoms with E-state index in [0.29, 0.717) is 29.6 Å². The van der Waals surface area contributed by atoms with E-state index in [1.807, 2.05) is 24.9 Å². The minimum atomic E-state index is -4.16. The predicted molar refractivity (Wildman–Crippen MR) is 128 cm³/mol. The quantitative estimate of drug-likeness (QED) is 0.526. The monoisotopic (exact) mass is 483 g/mol. The number of anilines is 1. The fraction of sp³-hybridized carbons (Fsp3) is 0.261. The first-order valence-electron chi connectivity index (χ1n) is 10.3. The molecule has 1 aliphatic rings. The lowest BCUT2D eigenvalue weighted by molar-refractivity contribution is 0.312. The van der Waals surface area contributed by atoms with E-state index in [0.717, 1.165) is 24.7 Å². The summed E-state index contributed by atoms with van der Waals surface area (Å²) < 4.78 is 27.7. The van der Waals surface area contributed by atoms with Crippen molar-refractivity contribution < 1.29 is 8.42 Å². The summed E-state index contributed by atoms with van der Waals surface area (Å²) in [7, 11) is -2.15. The molecule has 3 aromatic rings. The molecule has 0 bridgehead atoms. The van der Waals surface area contributed by atoms with Crippen LogP contribution in [-0.4, -0.2) is 55.9 Å². The highest BCUT2D eigenvalue weighted by molar-refractivity contribution is 7.95. The molecular formula is C23H22ClN5O3S. The number of likely N-dealkylation sites (N-methyl/N-ethyl adjacent to an activating group) is 1. The van der Waals surface area contributed by atoms with Crippen molar-refractivity contribution in [2.24, 2.45) is 0 Å². The molecule has 33 heavy (non-hydrogen) atoms. The van der Waals surface area contributed by atoms with E-state index in [1.54, 1.807) is 18.3 Å². The topological polar surface area (TPSA) is 98.8 Å². The van der Waals surface area contributed by atoms with Gasteiger partial charge in [0.1, 0.15) is 22.4 Å². The molecule has 8 nitrogen and oxygen atoms in total. The summed E-state index contributed by atoms with van der Waals surface area (Å²) in [5, 5.41) is 10.1. The SMILES string of the molecule is Cc1cccn2c(=O)c(/C=C(/C#N)S(=O)(=O)c3ccc(Cl)cc3)c(N3CCN(C)CC3)nc12. The van der Waals surface area contributed by atoms with Crippen LogP contribution >= 0.6 is 11.6 Å². The Morgan fingerprint density at radius 3 is 2.45 bits per heavy atom. The highest BCUT2D eigenvalue weighted by atomic mass is 35.5. The summed E-state index contributed by atoms with van der Waals surface area (Å²) in [6.07, 6.45) is 2.73. The summed E-state index contributed by atoms with van der Waals surface area (Å²) >= 11 is 5.88. The number of fused-ring (bicyclic) bond motifs is 1. The van der Waals surface area contributed by atoms with Gasteiger partial charge in [0.05, 0.1) is 10.5 Å². The molecule has 2 aromatic heterocycles. The van der Waals surface area contributed by atoms with Crippen LogP contribution in [0.4, 0.5) is 5.82 Å². The van der Waals surface area contributed by atoms with Crippen LogP contribution in [-0.2, 0) is 9.84 Å². The van der Waals surface area contributed by atoms with Crippen molar-refractivity contribution >= 4 is 39.0 Å². The Balaban J connectivity index is 1.95. The van der Waals surface area contributed by atoms with Crippen molar-refractivity contribution in [3.05, 3.63) is 74.0 Å². The highest BCUT2D eigenvalue weighted by Crippen LogP contribution is 2.26. The van der Waals surface area contributed by atoms with Crippen molar-refractivity contribution in [1.29, 1.82) is 5.26 Å². The fourth-order valence-electron chi connectivity index (χ4n) is 3.73. The van der Waals surface area contributed by atoms with Gasteiger partial charge in [-0.1, -0.05) is 17.7 Å². The Hall–Kier alpha value is -3.19. The van der Waals surface area contributed by atoms with E-state index >= 15 is 0 Å². The van der Waals surface area contributed by atoms with Crippen molar-refractivity contribution in [3.63, 3.8) is 0 Å². The van der Waals surface area contributed by atoms with Gasteiger partial charge < -0.3 is 9.80 Å². The second-order valence-electron chi connectivity index (χ2n) is 7.91. The lowest BCUT2D eigenvalue weighted by Crippen LogP contribution is -2.45. The molecule has 0 amide bonds. The molecule has 170 valence electrons. The number of hydrogen-bond donors (Lipinski definition) is 0. The molecule has 0 radical (unpaired) electrons. The number of piperazine rings is 1. The van der Waals surface area contributed by atoms with Gasteiger partial charge in [0.15, 0.2) is 0 Å². The molecule has 1 aliphatic heterocycles. The van der Waals surface area contributed by atoms with E-state index in [-0.39, 0.29) is 10.5 Å². The van der Waals surface area contributed by atoms with Gasteiger partial charge in [-0.2, -0.15) is 5.26 Å². The number of benzene rings is 1. The van der Waals surface area contributed by atoms with Crippen LogP contribution in [0.25, 0.3) is 11.7 Å². The number of aromatic nitrogens is 2. The first-order valence-corrected chi connectivity index (χ1v) is 12.2. The third kappa shape index (κ3) is 4.37. The van der Waals surface area contributed by atoms with E-state index in [2.05, 4.69) is 4.90 Å². The maximum absolute atomic E-state index is 13.5. The van der Waals surface area contributed by atoms with E-state index in [4.69, 9.17) is 16.6 Å². The molecule has 4 rings (SSSR count). The van der Waals surface area contributed by atoms with E-state index < -0.39 is 20.3 Å². The highest BCUT2D eigenvalue weighted by Gasteiger charge is 2.26. The van der Waals surface area contributed by atoms with Crippen LogP contribution in [0.2, 0.25) is 5.02 Å². The largest absolute Gasteiger partial charge is 0.353 e. The normalized spacial score (nSPS) is 15.6. The fourth-order valence-corrected chi connectivity index (χ4v) is 5.00. The standard InChI is InChI=1S/C23H22ClN5O3S/c1-16-4-3-9-29-21(16)26-22(28-12-10-27(2)11-13-28)20(23(29)30)14-19(15-25)33(31,32)18-7-5-17(24)6-8-18/h3-9,14H,10-13H2,1-2H3/b19-14-. The van der Waals surface area contributed by atoms with Gasteiger partial charge in [0, 0.05) is 37.4 Å². The molecule has 3 heterocycles. The Morgan fingerprint density at radius 1 is 1.15 bits per heavy atom. The van der Waals surface area contributed by atoms with Gasteiger partial charge in [-0.3, -0.25) is 9.20 Å². The molecule has 10 heteroatoms. The van der Waals surface area contributed by atoms with E-state index in [1.165, 1.54) is 28.7 Å². The van der Waals surface area contributed by atoms with Crippen LogP contribution in [0.3, 0.4) is 0 Å². The summed E-state index contributed by atoms with van der Waals surface area (Å²) in [5.41, 5.74) is 0.941. The molecule has 0 aliphatic carbocycles. The summed E-state index contributed by atoms with van der Waals surface area (Å²) in [6.45, 7) is 4.64. The number of aryl methyl sites for hydroxylation is 1. The Kier molecular flexibility index (Phi) is 6.26. The lowest BCUT2D eigenvalue weighted by atomic mass is 10.2. The zero-order valence-corrected chi connectivity index (χ0v) is 19.8. The molecule has 1 saturated heterocycles. The number of sulfone groups is 1. The van der Waals surface area contributed by atoms with E-state index in [9.17, 15) is 18.5 Å². The third-order valence-corrected chi connectivity index (χ3v) is 7.60. The number of allylic oxidation sites excluding steroid dienone is 1. The predicted octanol–water partition coefficient (Wildman–Crippen LogP) is 2.75. The summed E-state index contributed by atoms with van der Waals surface area (Å²) in [5.74, 6) is 0.376. The molecule has 0 unspecified atom stereocenters. The second-order valence-corrected chi connectivity index (χ2v) is 10.3. The van der Waals surface area contributed by atoms with Crippen LogP contribution in [0.1, 0.15) is 11.1 Å². The first kappa shape index (κ1) is 23.0. The van der Waals surface area contributed by atoms with Crippen molar-refractivity contribution in [2.75, 3.05) is 38.1 Å². The number of rotatable bonds is 4. The van der Waals surface area contributed by atoms with Gasteiger partial charge in [-0.05, 0) is 55.9 Å². The Labute approximate surface area is 196 Å². The number of halogens is 1. The average molecular weight is 484 g/mol. The maximum atomic E-state index is 13.5. The maximum Gasteiger partial charge on any atom is 0.267 e. The number of nitriles is 1. The van der Waals surface area contributed by atoms with Crippen molar-refractivity contribution in [3.8, 4) is 6.07 Å². The zero-order chi connectivity index (χ0) is 23.8. The minimum absolute atomic E-state index is 0.0664. The number of nitrogens with zero attached hydrogens (tertiary/aromatic N) is 5. The van der Waals surface area contributed by atoms with Gasteiger partial charge in [0.25, 0.3) is 5.56 Å². The molecule has 1 fully saturated rings. The van der Waals surface area contributed by atoms with Gasteiger partial charge >= 0.3 is 0 Å². The smallest absolute Gasteiger partial charge is 0.267 e. The van der Waals surface area contributed by atoms with Crippen LogP contribution < -0.4 is 10.5 Å². The zero-order valence-electron chi connectivity index (χ0n) is 18.2. The molecule has 0 saturated carbocycles.